The van der Waals surface area contributed by atoms with Crippen molar-refractivity contribution in [1.82, 2.24) is 0 Å². The number of halogens is 3. The van der Waals surface area contributed by atoms with Crippen LogP contribution in [0.4, 0.5) is 13.2 Å². The smallest absolute Gasteiger partial charge is 0.193 e. The van der Waals surface area contributed by atoms with Gasteiger partial charge in [-0.2, -0.15) is 0 Å². The third kappa shape index (κ3) is 2.59. The van der Waals surface area contributed by atoms with Crippen LogP contribution in [0, 0.1) is 11.6 Å². The SMILES string of the molecule is O=C(c1ccc(F)cc1)c1cc(F)cc(CF)c1. The van der Waals surface area contributed by atoms with Gasteiger partial charge < -0.3 is 0 Å². The second-order valence-corrected chi connectivity index (χ2v) is 3.82. The van der Waals surface area contributed by atoms with Crippen molar-refractivity contribution in [3.63, 3.8) is 0 Å². The highest BCUT2D eigenvalue weighted by molar-refractivity contribution is 6.09. The van der Waals surface area contributed by atoms with Gasteiger partial charge in [0.2, 0.25) is 0 Å². The third-order valence-corrected chi connectivity index (χ3v) is 2.48. The molecule has 0 aliphatic rings. The van der Waals surface area contributed by atoms with Gasteiger partial charge in [0.15, 0.2) is 5.78 Å². The summed E-state index contributed by atoms with van der Waals surface area (Å²) >= 11 is 0. The van der Waals surface area contributed by atoms with Gasteiger partial charge in [-0.15, -0.1) is 0 Å². The van der Waals surface area contributed by atoms with Crippen molar-refractivity contribution in [1.29, 1.82) is 0 Å². The van der Waals surface area contributed by atoms with Gasteiger partial charge in [-0.1, -0.05) is 0 Å². The lowest BCUT2D eigenvalue weighted by Gasteiger charge is -2.03. The molecule has 0 unspecified atom stereocenters. The summed E-state index contributed by atoms with van der Waals surface area (Å²) in [5.41, 5.74) is 0.376. The first kappa shape index (κ1) is 12.4. The second kappa shape index (κ2) is 5.04. The molecule has 0 heterocycles. The highest BCUT2D eigenvalue weighted by atomic mass is 19.1. The first-order valence-electron chi connectivity index (χ1n) is 5.26. The van der Waals surface area contributed by atoms with Gasteiger partial charge in [-0.3, -0.25) is 4.79 Å². The number of rotatable bonds is 3. The number of ketones is 1. The van der Waals surface area contributed by atoms with Crippen molar-refractivity contribution >= 4 is 5.78 Å². The molecule has 18 heavy (non-hydrogen) atoms. The zero-order chi connectivity index (χ0) is 13.1. The van der Waals surface area contributed by atoms with E-state index in [4.69, 9.17) is 0 Å². The first-order chi connectivity index (χ1) is 8.60. The van der Waals surface area contributed by atoms with Crippen molar-refractivity contribution in [2.75, 3.05) is 0 Å². The van der Waals surface area contributed by atoms with Crippen molar-refractivity contribution in [3.8, 4) is 0 Å². The molecule has 0 saturated carbocycles. The normalized spacial score (nSPS) is 10.4. The number of carbonyl (C=O) groups is 1. The molecule has 0 saturated heterocycles. The minimum Gasteiger partial charge on any atom is -0.289 e. The Morgan fingerprint density at radius 1 is 0.889 bits per heavy atom. The predicted octanol–water partition coefficient (Wildman–Crippen LogP) is 3.67. The van der Waals surface area contributed by atoms with Crippen LogP contribution in [0.3, 0.4) is 0 Å². The number of hydrogen-bond acceptors (Lipinski definition) is 1. The molecule has 0 aliphatic heterocycles. The summed E-state index contributed by atoms with van der Waals surface area (Å²) in [7, 11) is 0. The average Bonchev–Trinajstić information content (AvgIpc) is 2.38. The van der Waals surface area contributed by atoms with E-state index in [1.54, 1.807) is 0 Å². The van der Waals surface area contributed by atoms with E-state index < -0.39 is 24.1 Å². The van der Waals surface area contributed by atoms with E-state index in [9.17, 15) is 18.0 Å². The number of benzene rings is 2. The lowest BCUT2D eigenvalue weighted by Crippen LogP contribution is -2.03. The van der Waals surface area contributed by atoms with Gasteiger partial charge in [-0.05, 0) is 48.0 Å². The fourth-order valence-electron chi connectivity index (χ4n) is 1.63. The van der Waals surface area contributed by atoms with Gasteiger partial charge in [0.1, 0.15) is 18.3 Å². The molecule has 2 aromatic rings. The van der Waals surface area contributed by atoms with E-state index in [1.807, 2.05) is 0 Å². The second-order valence-electron chi connectivity index (χ2n) is 3.82. The predicted molar refractivity (Wildman–Crippen MR) is 61.0 cm³/mol. The lowest BCUT2D eigenvalue weighted by atomic mass is 10.0. The summed E-state index contributed by atoms with van der Waals surface area (Å²) in [6.45, 7) is -0.846. The molecule has 0 fully saturated rings. The van der Waals surface area contributed by atoms with Crippen LogP contribution in [0.15, 0.2) is 42.5 Å². The number of hydrogen-bond donors (Lipinski definition) is 0. The minimum absolute atomic E-state index is 0.0502. The molecule has 92 valence electrons. The van der Waals surface area contributed by atoms with Crippen LogP contribution in [-0.2, 0) is 6.67 Å². The van der Waals surface area contributed by atoms with Gasteiger partial charge >= 0.3 is 0 Å². The van der Waals surface area contributed by atoms with Crippen LogP contribution < -0.4 is 0 Å². The Balaban J connectivity index is 2.39. The van der Waals surface area contributed by atoms with Gasteiger partial charge in [0, 0.05) is 11.1 Å². The summed E-state index contributed by atoms with van der Waals surface area (Å²) in [6, 6.07) is 8.24. The fourth-order valence-corrected chi connectivity index (χ4v) is 1.63. The number of carbonyl (C=O) groups excluding carboxylic acids is 1. The Morgan fingerprint density at radius 2 is 1.56 bits per heavy atom. The minimum atomic E-state index is -0.846. The molecule has 0 amide bonds. The molecular weight excluding hydrogens is 241 g/mol. The van der Waals surface area contributed by atoms with Crippen LogP contribution in [0.25, 0.3) is 0 Å². The Hall–Kier alpha value is -2.10. The Kier molecular flexibility index (Phi) is 3.46. The molecule has 0 radical (unpaired) electrons. The monoisotopic (exact) mass is 250 g/mol. The first-order valence-corrected chi connectivity index (χ1v) is 5.26. The topological polar surface area (TPSA) is 17.1 Å². The zero-order valence-electron chi connectivity index (χ0n) is 9.29. The van der Waals surface area contributed by atoms with E-state index in [0.717, 1.165) is 24.3 Å². The molecule has 1 nitrogen and oxygen atoms in total. The van der Waals surface area contributed by atoms with Gasteiger partial charge in [-0.25, -0.2) is 13.2 Å². The van der Waals surface area contributed by atoms with Crippen LogP contribution >= 0.6 is 0 Å². The largest absolute Gasteiger partial charge is 0.289 e. The Labute approximate surface area is 102 Å². The summed E-state index contributed by atoms with van der Waals surface area (Å²) in [5, 5.41) is 0. The highest BCUT2D eigenvalue weighted by Gasteiger charge is 2.11. The maximum atomic E-state index is 13.2. The Morgan fingerprint density at radius 3 is 2.17 bits per heavy atom. The fraction of sp³-hybridized carbons (Fsp3) is 0.0714. The van der Waals surface area contributed by atoms with Crippen LogP contribution in [0.1, 0.15) is 21.5 Å². The van der Waals surface area contributed by atoms with E-state index in [2.05, 4.69) is 0 Å². The average molecular weight is 250 g/mol. The highest BCUT2D eigenvalue weighted by Crippen LogP contribution is 2.15. The van der Waals surface area contributed by atoms with E-state index in [0.29, 0.717) is 0 Å². The standard InChI is InChI=1S/C14H9F3O/c15-8-9-5-11(7-13(17)6-9)14(18)10-1-3-12(16)4-2-10/h1-7H,8H2. The van der Waals surface area contributed by atoms with Crippen LogP contribution in [-0.4, -0.2) is 5.78 Å². The maximum absolute atomic E-state index is 13.2. The van der Waals surface area contributed by atoms with E-state index >= 15 is 0 Å². The zero-order valence-corrected chi connectivity index (χ0v) is 9.29. The van der Waals surface area contributed by atoms with Gasteiger partial charge in [0.25, 0.3) is 0 Å². The molecule has 0 aliphatic carbocycles. The quantitative estimate of drug-likeness (QED) is 0.760. The van der Waals surface area contributed by atoms with Crippen molar-refractivity contribution < 1.29 is 18.0 Å². The van der Waals surface area contributed by atoms with E-state index in [-0.39, 0.29) is 16.7 Å². The molecule has 0 bridgehead atoms. The lowest BCUT2D eigenvalue weighted by molar-refractivity contribution is 0.103. The van der Waals surface area contributed by atoms with Crippen LogP contribution in [0.2, 0.25) is 0 Å². The molecular formula is C14H9F3O. The van der Waals surface area contributed by atoms with Crippen LogP contribution in [0.5, 0.6) is 0 Å². The summed E-state index contributed by atoms with van der Waals surface area (Å²) in [6.07, 6.45) is 0. The van der Waals surface area contributed by atoms with Crippen molar-refractivity contribution in [2.45, 2.75) is 6.67 Å². The summed E-state index contributed by atoms with van der Waals surface area (Å²) < 4.78 is 38.4. The molecule has 2 aromatic carbocycles. The molecule has 0 atom stereocenters. The summed E-state index contributed by atoms with van der Waals surface area (Å²) in [5.74, 6) is -1.60. The molecule has 4 heteroatoms. The molecule has 0 N–H and O–H groups in total. The molecule has 2 rings (SSSR count). The van der Waals surface area contributed by atoms with Crippen molar-refractivity contribution in [3.05, 3.63) is 70.8 Å². The molecule has 0 aromatic heterocycles. The third-order valence-electron chi connectivity index (χ3n) is 2.48. The van der Waals surface area contributed by atoms with Crippen molar-refractivity contribution in [2.24, 2.45) is 0 Å². The number of alkyl halides is 1. The Bertz CT molecular complexity index is 576. The summed E-state index contributed by atoms with van der Waals surface area (Å²) in [4.78, 5) is 12.0. The molecule has 0 spiro atoms. The van der Waals surface area contributed by atoms with E-state index in [1.165, 1.54) is 18.2 Å². The van der Waals surface area contributed by atoms with Gasteiger partial charge in [0.05, 0.1) is 0 Å². The maximum Gasteiger partial charge on any atom is 0.193 e.